The quantitative estimate of drug-likeness (QED) is 0.883. The second-order valence-electron chi connectivity index (χ2n) is 8.01. The number of benzene rings is 1. The smallest absolute Gasteiger partial charge is 0.226 e. The van der Waals surface area contributed by atoms with E-state index >= 15 is 0 Å². The topological polar surface area (TPSA) is 61.5 Å². The molecule has 2 aromatic rings. The number of nitrogens with zero attached hydrogens (tertiary/aromatic N) is 3. The first kappa shape index (κ1) is 19.2. The maximum Gasteiger partial charge on any atom is 0.226 e. The number of piperidine rings is 1. The number of rotatable bonds is 4. The normalized spacial score (nSPS) is 21.8. The summed E-state index contributed by atoms with van der Waals surface area (Å²) in [4.78, 5) is 17.9. The fraction of sp³-hybridized carbons (Fsp3) is 0.545. The summed E-state index contributed by atoms with van der Waals surface area (Å²) in [7, 11) is 0. The lowest BCUT2D eigenvalue weighted by atomic mass is 9.93. The monoisotopic (exact) mass is 382 g/mol. The number of nitrogens with one attached hydrogen (secondary N) is 1. The van der Waals surface area contributed by atoms with Crippen LogP contribution in [0.25, 0.3) is 0 Å². The number of H-pyrrole nitrogens is 1. The second kappa shape index (κ2) is 8.45. The van der Waals surface area contributed by atoms with Crippen LogP contribution in [0.4, 0.5) is 0 Å². The largest absolute Gasteiger partial charge is 0.377 e. The lowest BCUT2D eigenvalue weighted by Gasteiger charge is -2.40. The molecule has 2 aliphatic rings. The molecule has 2 fully saturated rings. The SMILES string of the molecule is Cc1n[nH]c(C)c1[C@H]1COCCN1C(=O)C1CCN(Cc2ccccc2)CC1. The molecule has 0 saturated carbocycles. The number of hydrogen-bond acceptors (Lipinski definition) is 4. The molecule has 0 spiro atoms. The Morgan fingerprint density at radius 1 is 1.18 bits per heavy atom. The van der Waals surface area contributed by atoms with Gasteiger partial charge in [0.15, 0.2) is 0 Å². The number of aryl methyl sites for hydroxylation is 2. The number of carbonyl (C=O) groups is 1. The van der Waals surface area contributed by atoms with Crippen molar-refractivity contribution in [3.05, 3.63) is 52.8 Å². The molecule has 3 heterocycles. The van der Waals surface area contributed by atoms with E-state index < -0.39 is 0 Å². The number of amides is 1. The van der Waals surface area contributed by atoms with Crippen LogP contribution in [0.15, 0.2) is 30.3 Å². The molecule has 0 aliphatic carbocycles. The molecule has 2 aliphatic heterocycles. The van der Waals surface area contributed by atoms with Gasteiger partial charge in [-0.3, -0.25) is 14.8 Å². The zero-order chi connectivity index (χ0) is 19.5. The first-order valence-corrected chi connectivity index (χ1v) is 10.3. The van der Waals surface area contributed by atoms with Crippen LogP contribution in [0, 0.1) is 19.8 Å². The van der Waals surface area contributed by atoms with E-state index in [0.717, 1.165) is 49.4 Å². The lowest BCUT2D eigenvalue weighted by Crippen LogP contribution is -2.48. The maximum absolute atomic E-state index is 13.4. The van der Waals surface area contributed by atoms with Gasteiger partial charge < -0.3 is 9.64 Å². The average molecular weight is 383 g/mol. The highest BCUT2D eigenvalue weighted by Crippen LogP contribution is 2.31. The minimum Gasteiger partial charge on any atom is -0.377 e. The zero-order valence-electron chi connectivity index (χ0n) is 16.9. The molecular formula is C22H30N4O2. The Kier molecular flexibility index (Phi) is 5.78. The molecule has 0 bridgehead atoms. The summed E-state index contributed by atoms with van der Waals surface area (Å²) in [5, 5.41) is 7.37. The van der Waals surface area contributed by atoms with Gasteiger partial charge in [-0.25, -0.2) is 0 Å². The van der Waals surface area contributed by atoms with Gasteiger partial charge in [0.2, 0.25) is 5.91 Å². The summed E-state index contributed by atoms with van der Waals surface area (Å²) in [6.07, 6.45) is 1.86. The molecule has 6 nitrogen and oxygen atoms in total. The lowest BCUT2D eigenvalue weighted by molar-refractivity contribution is -0.146. The number of carbonyl (C=O) groups excluding carboxylic acids is 1. The number of ether oxygens (including phenoxy) is 1. The van der Waals surface area contributed by atoms with Gasteiger partial charge in [0, 0.05) is 30.3 Å². The molecular weight excluding hydrogens is 352 g/mol. The molecule has 150 valence electrons. The highest BCUT2D eigenvalue weighted by atomic mass is 16.5. The summed E-state index contributed by atoms with van der Waals surface area (Å²) in [5.41, 5.74) is 4.45. The average Bonchev–Trinajstić information content (AvgIpc) is 3.07. The fourth-order valence-corrected chi connectivity index (χ4v) is 4.57. The van der Waals surface area contributed by atoms with Crippen molar-refractivity contribution < 1.29 is 9.53 Å². The van der Waals surface area contributed by atoms with Crippen molar-refractivity contribution in [3.63, 3.8) is 0 Å². The Morgan fingerprint density at radius 3 is 2.61 bits per heavy atom. The summed E-state index contributed by atoms with van der Waals surface area (Å²) in [5.74, 6) is 0.396. The Bertz CT molecular complexity index is 777. The summed E-state index contributed by atoms with van der Waals surface area (Å²) >= 11 is 0. The predicted octanol–water partition coefficient (Wildman–Crippen LogP) is 2.84. The van der Waals surface area contributed by atoms with Crippen molar-refractivity contribution in [2.24, 2.45) is 5.92 Å². The molecule has 1 amide bonds. The second-order valence-corrected chi connectivity index (χ2v) is 8.01. The standard InChI is InChI=1S/C22H30N4O2/c1-16-21(17(2)24-23-16)20-15-28-13-12-26(20)22(27)19-8-10-25(11-9-19)14-18-6-4-3-5-7-18/h3-7,19-20H,8-15H2,1-2H3,(H,23,24)/t20-/m1/s1. The highest BCUT2D eigenvalue weighted by Gasteiger charge is 2.36. The Labute approximate surface area is 166 Å². The summed E-state index contributed by atoms with van der Waals surface area (Å²) in [6, 6.07) is 10.5. The van der Waals surface area contributed by atoms with Gasteiger partial charge in [0.25, 0.3) is 0 Å². The zero-order valence-corrected chi connectivity index (χ0v) is 16.9. The molecule has 1 aromatic carbocycles. The van der Waals surface area contributed by atoms with Crippen molar-refractivity contribution >= 4 is 5.91 Å². The van der Waals surface area contributed by atoms with Crippen molar-refractivity contribution in [3.8, 4) is 0 Å². The Hall–Kier alpha value is -2.18. The van der Waals surface area contributed by atoms with E-state index in [9.17, 15) is 4.79 Å². The van der Waals surface area contributed by atoms with E-state index in [4.69, 9.17) is 4.74 Å². The van der Waals surface area contributed by atoms with E-state index in [1.165, 1.54) is 5.56 Å². The molecule has 1 aromatic heterocycles. The predicted molar refractivity (Wildman–Crippen MR) is 108 cm³/mol. The molecule has 2 saturated heterocycles. The number of aromatic nitrogens is 2. The minimum atomic E-state index is -0.0256. The first-order valence-electron chi connectivity index (χ1n) is 10.3. The third kappa shape index (κ3) is 3.98. The fourth-order valence-electron chi connectivity index (χ4n) is 4.57. The van der Waals surface area contributed by atoms with Crippen LogP contribution >= 0.6 is 0 Å². The van der Waals surface area contributed by atoms with Crippen LogP contribution in [0.3, 0.4) is 0 Å². The van der Waals surface area contributed by atoms with Crippen molar-refractivity contribution in [2.75, 3.05) is 32.8 Å². The van der Waals surface area contributed by atoms with Crippen molar-refractivity contribution in [2.45, 2.75) is 39.3 Å². The van der Waals surface area contributed by atoms with Crippen LogP contribution in [-0.4, -0.2) is 58.8 Å². The van der Waals surface area contributed by atoms with Crippen LogP contribution < -0.4 is 0 Å². The number of aromatic amines is 1. The first-order chi connectivity index (χ1) is 13.6. The van der Waals surface area contributed by atoms with Crippen molar-refractivity contribution in [1.82, 2.24) is 20.0 Å². The van der Waals surface area contributed by atoms with Gasteiger partial charge in [-0.15, -0.1) is 0 Å². The molecule has 0 unspecified atom stereocenters. The number of morpholine rings is 1. The Morgan fingerprint density at radius 2 is 1.93 bits per heavy atom. The van der Waals surface area contributed by atoms with Crippen LogP contribution in [0.1, 0.15) is 41.4 Å². The number of hydrogen-bond donors (Lipinski definition) is 1. The molecule has 0 radical (unpaired) electrons. The number of likely N-dealkylation sites (tertiary alicyclic amines) is 1. The van der Waals surface area contributed by atoms with Gasteiger partial charge in [0.05, 0.1) is 24.9 Å². The van der Waals surface area contributed by atoms with Gasteiger partial charge in [-0.05, 0) is 45.3 Å². The van der Waals surface area contributed by atoms with E-state index in [-0.39, 0.29) is 17.9 Å². The van der Waals surface area contributed by atoms with Gasteiger partial charge in [0.1, 0.15) is 0 Å². The van der Waals surface area contributed by atoms with E-state index in [2.05, 4.69) is 45.4 Å². The van der Waals surface area contributed by atoms with Gasteiger partial charge in [-0.1, -0.05) is 30.3 Å². The van der Waals surface area contributed by atoms with Crippen LogP contribution in [0.5, 0.6) is 0 Å². The highest BCUT2D eigenvalue weighted by molar-refractivity contribution is 5.79. The van der Waals surface area contributed by atoms with E-state index in [1.54, 1.807) is 0 Å². The van der Waals surface area contributed by atoms with Gasteiger partial charge >= 0.3 is 0 Å². The van der Waals surface area contributed by atoms with Crippen LogP contribution in [0.2, 0.25) is 0 Å². The minimum absolute atomic E-state index is 0.0256. The van der Waals surface area contributed by atoms with E-state index in [0.29, 0.717) is 19.8 Å². The van der Waals surface area contributed by atoms with E-state index in [1.807, 2.05) is 18.7 Å². The third-order valence-electron chi connectivity index (χ3n) is 6.12. The summed E-state index contributed by atoms with van der Waals surface area (Å²) < 4.78 is 5.72. The molecule has 4 rings (SSSR count). The summed E-state index contributed by atoms with van der Waals surface area (Å²) in [6.45, 7) is 8.78. The maximum atomic E-state index is 13.4. The molecule has 1 atom stereocenters. The van der Waals surface area contributed by atoms with Crippen LogP contribution in [-0.2, 0) is 16.1 Å². The molecule has 6 heteroatoms. The van der Waals surface area contributed by atoms with Gasteiger partial charge in [-0.2, -0.15) is 5.10 Å². The molecule has 28 heavy (non-hydrogen) atoms. The van der Waals surface area contributed by atoms with Crippen molar-refractivity contribution in [1.29, 1.82) is 0 Å². The third-order valence-corrected chi connectivity index (χ3v) is 6.12. The molecule has 1 N–H and O–H groups in total. The Balaban J connectivity index is 1.40.